The molecule has 0 bridgehead atoms. The fourth-order valence-electron chi connectivity index (χ4n) is 1.29. The largest absolute Gasteiger partial charge is 0.464 e. The number of alkyl halides is 1. The molecule has 0 saturated carbocycles. The summed E-state index contributed by atoms with van der Waals surface area (Å²) in [6.07, 6.45) is 1.41. The summed E-state index contributed by atoms with van der Waals surface area (Å²) in [6, 6.07) is 9.16. The molecule has 1 aromatic carbocycles. The lowest BCUT2D eigenvalue weighted by atomic mass is 10.1. The van der Waals surface area contributed by atoms with Crippen molar-refractivity contribution in [1.29, 1.82) is 0 Å². The third kappa shape index (κ3) is 4.94. The molecule has 0 heterocycles. The lowest BCUT2D eigenvalue weighted by Gasteiger charge is -2.11. The van der Waals surface area contributed by atoms with Crippen LogP contribution in [0.15, 0.2) is 30.3 Å². The van der Waals surface area contributed by atoms with Gasteiger partial charge in [0.1, 0.15) is 6.04 Å². The summed E-state index contributed by atoms with van der Waals surface area (Å²) in [7, 11) is 0. The third-order valence-electron chi connectivity index (χ3n) is 2.12. The smallest absolute Gasteiger partial charge is 0.323 e. The zero-order chi connectivity index (χ0) is 11.8. The third-order valence-corrected chi connectivity index (χ3v) is 2.89. The number of rotatable bonds is 6. The highest BCUT2D eigenvalue weighted by molar-refractivity contribution is 14.1. The fourth-order valence-corrected chi connectivity index (χ4v) is 1.60. The maximum Gasteiger partial charge on any atom is 0.323 e. The number of esters is 1. The molecule has 88 valence electrons. The molecule has 0 amide bonds. The van der Waals surface area contributed by atoms with Crippen LogP contribution < -0.4 is 5.73 Å². The minimum Gasteiger partial charge on any atom is -0.464 e. The number of nitrogens with two attached hydrogens (primary N) is 1. The molecule has 4 heteroatoms. The van der Waals surface area contributed by atoms with Gasteiger partial charge in [-0.2, -0.15) is 0 Å². The first-order valence-corrected chi connectivity index (χ1v) is 6.78. The Balaban J connectivity index is 2.34. The monoisotopic (exact) mass is 333 g/mol. The first kappa shape index (κ1) is 13.4. The Hall–Kier alpha value is -0.620. The molecular formula is C12H16INO2. The molecule has 0 unspecified atom stereocenters. The molecule has 0 saturated heterocycles. The molecule has 3 nitrogen and oxygen atoms in total. The highest BCUT2D eigenvalue weighted by Crippen LogP contribution is 2.03. The van der Waals surface area contributed by atoms with Crippen LogP contribution >= 0.6 is 22.6 Å². The zero-order valence-corrected chi connectivity index (χ0v) is 11.2. The Morgan fingerprint density at radius 1 is 1.38 bits per heavy atom. The number of hydrogen-bond acceptors (Lipinski definition) is 3. The molecule has 0 aliphatic rings. The van der Waals surface area contributed by atoms with Gasteiger partial charge in [-0.05, 0) is 18.4 Å². The van der Waals surface area contributed by atoms with Gasteiger partial charge in [-0.1, -0.05) is 52.9 Å². The molecule has 0 spiro atoms. The Kier molecular flexibility index (Phi) is 6.40. The molecule has 0 aliphatic carbocycles. The van der Waals surface area contributed by atoms with Crippen LogP contribution in [0.2, 0.25) is 0 Å². The van der Waals surface area contributed by atoms with Crippen molar-refractivity contribution in [3.05, 3.63) is 35.9 Å². The van der Waals surface area contributed by atoms with Crippen LogP contribution in [0.1, 0.15) is 12.0 Å². The van der Waals surface area contributed by atoms with Crippen molar-refractivity contribution in [2.45, 2.75) is 18.9 Å². The van der Waals surface area contributed by atoms with E-state index in [9.17, 15) is 4.79 Å². The van der Waals surface area contributed by atoms with Gasteiger partial charge in [0.05, 0.1) is 6.61 Å². The van der Waals surface area contributed by atoms with Gasteiger partial charge in [0.2, 0.25) is 0 Å². The van der Waals surface area contributed by atoms with E-state index in [1.807, 2.05) is 30.3 Å². The summed E-state index contributed by atoms with van der Waals surface area (Å²) >= 11 is 2.25. The first-order valence-electron chi connectivity index (χ1n) is 5.26. The number of carbonyl (C=O) groups excluding carboxylic acids is 1. The standard InChI is InChI=1S/C12H16INO2/c13-7-4-8-16-12(15)11(14)9-10-5-2-1-3-6-10/h1-3,5-6,11H,4,7-9,14H2/t11-/m0/s1. The topological polar surface area (TPSA) is 52.3 Å². The predicted octanol–water partition coefficient (Wildman–Crippen LogP) is 1.92. The van der Waals surface area contributed by atoms with E-state index in [2.05, 4.69) is 22.6 Å². The van der Waals surface area contributed by atoms with Gasteiger partial charge < -0.3 is 10.5 Å². The van der Waals surface area contributed by atoms with Crippen molar-refractivity contribution in [1.82, 2.24) is 0 Å². The molecule has 0 aliphatic heterocycles. The normalized spacial score (nSPS) is 12.1. The van der Waals surface area contributed by atoms with Gasteiger partial charge in [0.25, 0.3) is 0 Å². The quantitative estimate of drug-likeness (QED) is 0.375. The summed E-state index contributed by atoms with van der Waals surface area (Å²) in [5, 5.41) is 0. The van der Waals surface area contributed by atoms with Gasteiger partial charge in [-0.15, -0.1) is 0 Å². The predicted molar refractivity (Wildman–Crippen MR) is 72.6 cm³/mol. The summed E-state index contributed by atoms with van der Waals surface area (Å²) in [4.78, 5) is 11.5. The summed E-state index contributed by atoms with van der Waals surface area (Å²) in [6.45, 7) is 0.463. The average molecular weight is 333 g/mol. The Morgan fingerprint density at radius 3 is 2.69 bits per heavy atom. The van der Waals surface area contributed by atoms with Gasteiger partial charge >= 0.3 is 5.97 Å². The van der Waals surface area contributed by atoms with Crippen LogP contribution in [0.3, 0.4) is 0 Å². The second-order valence-electron chi connectivity index (χ2n) is 3.51. The van der Waals surface area contributed by atoms with E-state index in [1.165, 1.54) is 0 Å². The Bertz CT molecular complexity index is 316. The van der Waals surface area contributed by atoms with Gasteiger partial charge in [-0.3, -0.25) is 4.79 Å². The number of ether oxygens (including phenoxy) is 1. The number of halogens is 1. The first-order chi connectivity index (χ1) is 7.74. The van der Waals surface area contributed by atoms with Crippen LogP contribution in [0.25, 0.3) is 0 Å². The van der Waals surface area contributed by atoms with Crippen molar-refractivity contribution in [2.24, 2.45) is 5.73 Å². The molecular weight excluding hydrogens is 317 g/mol. The molecule has 0 radical (unpaired) electrons. The molecule has 1 rings (SSSR count). The van der Waals surface area contributed by atoms with E-state index in [4.69, 9.17) is 10.5 Å². The van der Waals surface area contributed by atoms with E-state index in [0.29, 0.717) is 13.0 Å². The summed E-state index contributed by atoms with van der Waals surface area (Å²) in [5.74, 6) is -0.311. The minimum absolute atomic E-state index is 0.311. The van der Waals surface area contributed by atoms with Crippen molar-refractivity contribution in [3.63, 3.8) is 0 Å². The highest BCUT2D eigenvalue weighted by atomic mass is 127. The second kappa shape index (κ2) is 7.62. The molecule has 16 heavy (non-hydrogen) atoms. The SMILES string of the molecule is N[C@@H](Cc1ccccc1)C(=O)OCCCI. The Labute approximate surface area is 109 Å². The van der Waals surface area contributed by atoms with Gasteiger partial charge in [-0.25, -0.2) is 0 Å². The van der Waals surface area contributed by atoms with Crippen LogP contribution in [-0.4, -0.2) is 23.0 Å². The summed E-state index contributed by atoms with van der Waals surface area (Å²) < 4.78 is 6.03. The molecule has 0 aromatic heterocycles. The van der Waals surface area contributed by atoms with Crippen molar-refractivity contribution in [3.8, 4) is 0 Å². The van der Waals surface area contributed by atoms with E-state index in [1.54, 1.807) is 0 Å². The zero-order valence-electron chi connectivity index (χ0n) is 9.06. The molecule has 1 atom stereocenters. The average Bonchev–Trinajstić information content (AvgIpc) is 2.30. The van der Waals surface area contributed by atoms with Crippen molar-refractivity contribution < 1.29 is 9.53 Å². The van der Waals surface area contributed by atoms with Crippen LogP contribution in [-0.2, 0) is 16.0 Å². The van der Waals surface area contributed by atoms with Crippen molar-refractivity contribution >= 4 is 28.6 Å². The van der Waals surface area contributed by atoms with Crippen LogP contribution in [0, 0.1) is 0 Å². The van der Waals surface area contributed by atoms with E-state index in [0.717, 1.165) is 16.4 Å². The van der Waals surface area contributed by atoms with Gasteiger partial charge in [0.15, 0.2) is 0 Å². The minimum atomic E-state index is -0.559. The lowest BCUT2D eigenvalue weighted by molar-refractivity contribution is -0.145. The van der Waals surface area contributed by atoms with Gasteiger partial charge in [0, 0.05) is 4.43 Å². The number of benzene rings is 1. The summed E-state index contributed by atoms with van der Waals surface area (Å²) in [5.41, 5.74) is 6.81. The fraction of sp³-hybridized carbons (Fsp3) is 0.417. The van der Waals surface area contributed by atoms with E-state index >= 15 is 0 Å². The van der Waals surface area contributed by atoms with Crippen molar-refractivity contribution in [2.75, 3.05) is 11.0 Å². The van der Waals surface area contributed by atoms with Crippen LogP contribution in [0.4, 0.5) is 0 Å². The van der Waals surface area contributed by atoms with E-state index in [-0.39, 0.29) is 5.97 Å². The maximum atomic E-state index is 11.5. The van der Waals surface area contributed by atoms with E-state index < -0.39 is 6.04 Å². The Morgan fingerprint density at radius 2 is 2.06 bits per heavy atom. The molecule has 0 fully saturated rings. The lowest BCUT2D eigenvalue weighted by Crippen LogP contribution is -2.34. The molecule has 1 aromatic rings. The second-order valence-corrected chi connectivity index (χ2v) is 4.58. The number of carbonyl (C=O) groups is 1. The molecule has 2 N–H and O–H groups in total. The number of hydrogen-bond donors (Lipinski definition) is 1. The van der Waals surface area contributed by atoms with Crippen LogP contribution in [0.5, 0.6) is 0 Å². The highest BCUT2D eigenvalue weighted by Gasteiger charge is 2.14. The maximum absolute atomic E-state index is 11.5.